The molecule has 1 aliphatic heterocycles. The lowest BCUT2D eigenvalue weighted by Gasteiger charge is -2.33. The summed E-state index contributed by atoms with van der Waals surface area (Å²) in [5.41, 5.74) is 0. The van der Waals surface area contributed by atoms with Crippen molar-refractivity contribution in [3.8, 4) is 0 Å². The molecule has 0 aromatic heterocycles. The van der Waals surface area contributed by atoms with Crippen LogP contribution in [0.4, 0.5) is 4.79 Å². The number of ether oxygens (including phenoxy) is 1. The van der Waals surface area contributed by atoms with Crippen LogP contribution in [0.25, 0.3) is 0 Å². The predicted octanol–water partition coefficient (Wildman–Crippen LogP) is 0.916. The van der Waals surface area contributed by atoms with Gasteiger partial charge in [0, 0.05) is 13.1 Å². The highest BCUT2D eigenvalue weighted by Crippen LogP contribution is 2.09. The quantitative estimate of drug-likeness (QED) is 0.785. The van der Waals surface area contributed by atoms with E-state index >= 15 is 0 Å². The first-order valence-corrected chi connectivity index (χ1v) is 6.35. The molecular weight excluding hydrogens is 236 g/mol. The van der Waals surface area contributed by atoms with E-state index in [1.807, 2.05) is 6.92 Å². The Morgan fingerprint density at radius 3 is 2.67 bits per heavy atom. The minimum atomic E-state index is -1.00. The van der Waals surface area contributed by atoms with Gasteiger partial charge in [-0.15, -0.1) is 0 Å². The average molecular weight is 258 g/mol. The summed E-state index contributed by atoms with van der Waals surface area (Å²) in [6, 6.07) is -1.17. The fraction of sp³-hybridized carbons (Fsp3) is 0.833. The van der Waals surface area contributed by atoms with Crippen LogP contribution < -0.4 is 5.32 Å². The second-order valence-corrected chi connectivity index (χ2v) is 4.86. The van der Waals surface area contributed by atoms with Crippen LogP contribution in [0, 0.1) is 5.92 Å². The van der Waals surface area contributed by atoms with Gasteiger partial charge in [-0.1, -0.05) is 20.8 Å². The highest BCUT2D eigenvalue weighted by Gasteiger charge is 2.28. The van der Waals surface area contributed by atoms with Gasteiger partial charge in [-0.05, 0) is 12.3 Å². The molecule has 2 atom stereocenters. The van der Waals surface area contributed by atoms with Gasteiger partial charge in [-0.3, -0.25) is 0 Å². The van der Waals surface area contributed by atoms with Crippen molar-refractivity contribution in [2.75, 3.05) is 19.7 Å². The molecule has 0 aromatic rings. The first-order chi connectivity index (χ1) is 8.45. The van der Waals surface area contributed by atoms with Crippen molar-refractivity contribution in [3.05, 3.63) is 0 Å². The van der Waals surface area contributed by atoms with E-state index in [4.69, 9.17) is 9.84 Å². The van der Waals surface area contributed by atoms with Crippen molar-refractivity contribution in [2.24, 2.45) is 5.92 Å². The molecule has 18 heavy (non-hydrogen) atoms. The van der Waals surface area contributed by atoms with Crippen LogP contribution >= 0.6 is 0 Å². The molecule has 1 heterocycles. The van der Waals surface area contributed by atoms with Crippen LogP contribution in [0.15, 0.2) is 0 Å². The van der Waals surface area contributed by atoms with Gasteiger partial charge >= 0.3 is 12.0 Å². The van der Waals surface area contributed by atoms with E-state index in [1.54, 1.807) is 18.7 Å². The summed E-state index contributed by atoms with van der Waals surface area (Å²) in [4.78, 5) is 24.6. The van der Waals surface area contributed by atoms with Crippen molar-refractivity contribution >= 4 is 12.0 Å². The average Bonchev–Trinajstić information content (AvgIpc) is 2.34. The number of nitrogens with zero attached hydrogens (tertiary/aromatic N) is 1. The van der Waals surface area contributed by atoms with E-state index in [1.165, 1.54) is 0 Å². The molecule has 1 unspecified atom stereocenters. The molecule has 2 N–H and O–H groups in total. The Hall–Kier alpha value is -1.30. The standard InChI is InChI=1S/C12H22N2O4/c1-4-9-7-14(5-6-18-9)12(17)13-10(8(2)3)11(15)16/h8-10H,4-7H2,1-3H3,(H,13,17)(H,15,16)/t9?,10-/m1/s1. The molecule has 0 radical (unpaired) electrons. The molecular formula is C12H22N2O4. The van der Waals surface area contributed by atoms with Gasteiger partial charge in [-0.25, -0.2) is 9.59 Å². The maximum atomic E-state index is 12.0. The van der Waals surface area contributed by atoms with Gasteiger partial charge in [-0.2, -0.15) is 0 Å². The summed E-state index contributed by atoms with van der Waals surface area (Å²) in [7, 11) is 0. The molecule has 104 valence electrons. The number of hydrogen-bond donors (Lipinski definition) is 2. The zero-order chi connectivity index (χ0) is 13.7. The third kappa shape index (κ3) is 3.87. The Bertz CT molecular complexity index is 306. The number of amides is 2. The summed E-state index contributed by atoms with van der Waals surface area (Å²) >= 11 is 0. The number of carbonyl (C=O) groups excluding carboxylic acids is 1. The number of carbonyl (C=O) groups is 2. The van der Waals surface area contributed by atoms with E-state index in [0.717, 1.165) is 6.42 Å². The lowest BCUT2D eigenvalue weighted by Crippen LogP contribution is -2.54. The van der Waals surface area contributed by atoms with Crippen LogP contribution in [0.2, 0.25) is 0 Å². The molecule has 0 aromatic carbocycles. The number of rotatable bonds is 4. The number of carboxylic acid groups (broad SMARTS) is 1. The Kier molecular flexibility index (Phi) is 5.40. The van der Waals surface area contributed by atoms with Crippen molar-refractivity contribution in [2.45, 2.75) is 39.3 Å². The second kappa shape index (κ2) is 6.58. The largest absolute Gasteiger partial charge is 0.480 e. The Morgan fingerprint density at radius 2 is 2.17 bits per heavy atom. The number of urea groups is 1. The van der Waals surface area contributed by atoms with Crippen LogP contribution in [0.3, 0.4) is 0 Å². The fourth-order valence-electron chi connectivity index (χ4n) is 1.89. The summed E-state index contributed by atoms with van der Waals surface area (Å²) in [6.45, 7) is 7.07. The molecule has 0 aliphatic carbocycles. The van der Waals surface area contributed by atoms with E-state index in [-0.39, 0.29) is 18.1 Å². The van der Waals surface area contributed by atoms with Gasteiger partial charge in [0.15, 0.2) is 0 Å². The van der Waals surface area contributed by atoms with Crippen LogP contribution in [0.5, 0.6) is 0 Å². The number of carboxylic acids is 1. The summed E-state index contributed by atoms with van der Waals surface area (Å²) in [6.07, 6.45) is 0.892. The summed E-state index contributed by atoms with van der Waals surface area (Å²) in [5.74, 6) is -1.15. The van der Waals surface area contributed by atoms with E-state index < -0.39 is 12.0 Å². The van der Waals surface area contributed by atoms with E-state index in [9.17, 15) is 9.59 Å². The van der Waals surface area contributed by atoms with Crippen LogP contribution in [-0.2, 0) is 9.53 Å². The van der Waals surface area contributed by atoms with Crippen LogP contribution in [-0.4, -0.2) is 53.8 Å². The maximum Gasteiger partial charge on any atom is 0.326 e. The SMILES string of the molecule is CCC1CN(C(=O)N[C@@H](C(=O)O)C(C)C)CCO1. The number of aliphatic carboxylic acids is 1. The van der Waals surface area contributed by atoms with Crippen molar-refractivity contribution in [3.63, 3.8) is 0 Å². The zero-order valence-electron chi connectivity index (χ0n) is 11.2. The molecule has 2 amide bonds. The smallest absolute Gasteiger partial charge is 0.326 e. The van der Waals surface area contributed by atoms with Gasteiger partial charge < -0.3 is 20.1 Å². The maximum absolute atomic E-state index is 12.0. The van der Waals surface area contributed by atoms with Crippen molar-refractivity contribution in [1.29, 1.82) is 0 Å². The lowest BCUT2D eigenvalue weighted by atomic mass is 10.1. The third-order valence-corrected chi connectivity index (χ3v) is 3.09. The highest BCUT2D eigenvalue weighted by molar-refractivity contribution is 5.82. The normalized spacial score (nSPS) is 21.8. The Balaban J connectivity index is 2.55. The lowest BCUT2D eigenvalue weighted by molar-refractivity contribution is -0.140. The number of nitrogens with one attached hydrogen (secondary N) is 1. The van der Waals surface area contributed by atoms with Crippen molar-refractivity contribution < 1.29 is 19.4 Å². The van der Waals surface area contributed by atoms with Gasteiger partial charge in [0.25, 0.3) is 0 Å². The number of hydrogen-bond acceptors (Lipinski definition) is 3. The Morgan fingerprint density at radius 1 is 1.50 bits per heavy atom. The highest BCUT2D eigenvalue weighted by atomic mass is 16.5. The number of morpholine rings is 1. The van der Waals surface area contributed by atoms with E-state index in [0.29, 0.717) is 19.7 Å². The Labute approximate surface area is 107 Å². The fourth-order valence-corrected chi connectivity index (χ4v) is 1.89. The minimum absolute atomic E-state index is 0.0480. The minimum Gasteiger partial charge on any atom is -0.480 e. The molecule has 0 spiro atoms. The predicted molar refractivity (Wildman–Crippen MR) is 66.4 cm³/mol. The molecule has 1 rings (SSSR count). The molecule has 1 saturated heterocycles. The molecule has 6 heteroatoms. The van der Waals surface area contributed by atoms with Gasteiger partial charge in [0.05, 0.1) is 12.7 Å². The third-order valence-electron chi connectivity index (χ3n) is 3.09. The summed E-state index contributed by atoms with van der Waals surface area (Å²) in [5, 5.41) is 11.6. The van der Waals surface area contributed by atoms with E-state index in [2.05, 4.69) is 5.32 Å². The first kappa shape index (κ1) is 14.8. The molecule has 0 saturated carbocycles. The van der Waals surface area contributed by atoms with Gasteiger partial charge in [0.1, 0.15) is 6.04 Å². The second-order valence-electron chi connectivity index (χ2n) is 4.86. The first-order valence-electron chi connectivity index (χ1n) is 6.35. The molecule has 6 nitrogen and oxygen atoms in total. The summed E-state index contributed by atoms with van der Waals surface area (Å²) < 4.78 is 5.47. The monoisotopic (exact) mass is 258 g/mol. The van der Waals surface area contributed by atoms with Crippen LogP contribution in [0.1, 0.15) is 27.2 Å². The molecule has 1 fully saturated rings. The zero-order valence-corrected chi connectivity index (χ0v) is 11.2. The van der Waals surface area contributed by atoms with Gasteiger partial charge in [0.2, 0.25) is 0 Å². The molecule has 1 aliphatic rings. The van der Waals surface area contributed by atoms with Crippen molar-refractivity contribution in [1.82, 2.24) is 10.2 Å². The topological polar surface area (TPSA) is 78.9 Å². The molecule has 0 bridgehead atoms.